The highest BCUT2D eigenvalue weighted by atomic mass is 35.5. The molecule has 0 fully saturated rings. The number of nitrogens with zero attached hydrogens (tertiary/aromatic N) is 1. The Hall–Kier alpha value is -3.98. The monoisotopic (exact) mass is 542 g/mol. The van der Waals surface area contributed by atoms with Crippen LogP contribution < -0.4 is 19.5 Å². The number of amides is 2. The molecule has 1 heterocycles. The fourth-order valence-electron chi connectivity index (χ4n) is 3.75. The Kier molecular flexibility index (Phi) is 7.97. The minimum absolute atomic E-state index is 0.0516. The molecule has 0 aliphatic carbocycles. The van der Waals surface area contributed by atoms with Gasteiger partial charge in [0.1, 0.15) is 29.5 Å². The Balaban J connectivity index is 1.44. The van der Waals surface area contributed by atoms with E-state index in [0.29, 0.717) is 22.1 Å². The number of carbonyl (C=O) groups excluding carboxylic acids is 2. The van der Waals surface area contributed by atoms with Crippen LogP contribution in [0.3, 0.4) is 0 Å². The van der Waals surface area contributed by atoms with Crippen LogP contribution in [0.1, 0.15) is 37.5 Å². The molecule has 3 aromatic rings. The van der Waals surface area contributed by atoms with Gasteiger partial charge in [0.15, 0.2) is 5.82 Å². The Bertz CT molecular complexity index is 1340. The Morgan fingerprint density at radius 1 is 1.16 bits per heavy atom. The van der Waals surface area contributed by atoms with Gasteiger partial charge in [0.25, 0.3) is 0 Å². The van der Waals surface area contributed by atoms with Gasteiger partial charge in [-0.05, 0) is 50.6 Å². The lowest BCUT2D eigenvalue weighted by molar-refractivity contribution is 0.0635. The highest BCUT2D eigenvalue weighted by molar-refractivity contribution is 6.32. The number of methoxy groups -OCH3 is 1. The lowest BCUT2D eigenvalue weighted by atomic mass is 10.1. The summed E-state index contributed by atoms with van der Waals surface area (Å²) in [6.07, 6.45) is -1.43. The summed E-state index contributed by atoms with van der Waals surface area (Å²) in [5, 5.41) is 2.76. The third kappa shape index (κ3) is 6.66. The van der Waals surface area contributed by atoms with Crippen molar-refractivity contribution in [2.24, 2.45) is 0 Å². The molecular formula is C28H28ClFN2O6. The first-order valence-corrected chi connectivity index (χ1v) is 12.2. The van der Waals surface area contributed by atoms with E-state index in [4.69, 9.17) is 30.5 Å². The molecule has 10 heteroatoms. The number of hydrogen-bond acceptors (Lipinski definition) is 6. The lowest BCUT2D eigenvalue weighted by Gasteiger charge is -2.29. The second-order valence-corrected chi connectivity index (χ2v) is 10.1. The number of halogens is 2. The maximum atomic E-state index is 15.1. The van der Waals surface area contributed by atoms with E-state index in [0.717, 1.165) is 11.3 Å². The van der Waals surface area contributed by atoms with E-state index in [9.17, 15) is 9.59 Å². The molecule has 1 aliphatic heterocycles. The summed E-state index contributed by atoms with van der Waals surface area (Å²) in [6.45, 7) is 5.46. The first kappa shape index (κ1) is 27.1. The van der Waals surface area contributed by atoms with Crippen molar-refractivity contribution in [1.82, 2.24) is 4.90 Å². The molecule has 2 amide bonds. The fourth-order valence-corrected chi connectivity index (χ4v) is 4.00. The van der Waals surface area contributed by atoms with E-state index in [2.05, 4.69) is 5.32 Å². The SMILES string of the molecule is COc1ccc(COc2cc3c(cc2Cl)CN(Cc2cccc(NC(=O)OC(C)(C)C)c2F)C(=O)O3)cc1. The molecule has 0 atom stereocenters. The van der Waals surface area contributed by atoms with Crippen LogP contribution in [0.25, 0.3) is 0 Å². The Labute approximate surface area is 225 Å². The van der Waals surface area contributed by atoms with Crippen molar-refractivity contribution in [1.29, 1.82) is 0 Å². The molecule has 4 rings (SSSR count). The molecule has 3 aromatic carbocycles. The Morgan fingerprint density at radius 2 is 1.89 bits per heavy atom. The predicted molar refractivity (Wildman–Crippen MR) is 140 cm³/mol. The smallest absolute Gasteiger partial charge is 0.415 e. The molecule has 0 saturated carbocycles. The largest absolute Gasteiger partial charge is 0.497 e. The molecule has 0 saturated heterocycles. The summed E-state index contributed by atoms with van der Waals surface area (Å²) >= 11 is 6.44. The predicted octanol–water partition coefficient (Wildman–Crippen LogP) is 6.93. The van der Waals surface area contributed by atoms with Gasteiger partial charge >= 0.3 is 12.2 Å². The molecule has 0 spiro atoms. The molecule has 0 aromatic heterocycles. The van der Waals surface area contributed by atoms with Crippen molar-refractivity contribution in [2.45, 2.75) is 46.1 Å². The van der Waals surface area contributed by atoms with Gasteiger partial charge in [-0.25, -0.2) is 14.0 Å². The summed E-state index contributed by atoms with van der Waals surface area (Å²) in [6, 6.07) is 15.2. The van der Waals surface area contributed by atoms with Crippen molar-refractivity contribution in [3.63, 3.8) is 0 Å². The average Bonchev–Trinajstić information content (AvgIpc) is 2.85. The summed E-state index contributed by atoms with van der Waals surface area (Å²) in [7, 11) is 1.60. The zero-order chi connectivity index (χ0) is 27.4. The lowest BCUT2D eigenvalue weighted by Crippen LogP contribution is -2.36. The quantitative estimate of drug-likeness (QED) is 0.348. The number of nitrogens with one attached hydrogen (secondary N) is 1. The summed E-state index contributed by atoms with van der Waals surface area (Å²) < 4.78 is 36.8. The van der Waals surface area contributed by atoms with Gasteiger partial charge in [0.2, 0.25) is 0 Å². The van der Waals surface area contributed by atoms with Gasteiger partial charge in [-0.15, -0.1) is 0 Å². The molecule has 1 aliphatic rings. The molecule has 8 nitrogen and oxygen atoms in total. The normalized spacial score (nSPS) is 12.9. The number of hydrogen-bond donors (Lipinski definition) is 1. The second kappa shape index (κ2) is 11.2. The highest BCUT2D eigenvalue weighted by Gasteiger charge is 2.28. The zero-order valence-corrected chi connectivity index (χ0v) is 22.2. The van der Waals surface area contributed by atoms with Crippen molar-refractivity contribution in [3.05, 3.63) is 82.1 Å². The van der Waals surface area contributed by atoms with Crippen LogP contribution in [0.4, 0.5) is 19.7 Å². The average molecular weight is 543 g/mol. The first-order chi connectivity index (χ1) is 18.0. The van der Waals surface area contributed by atoms with Crippen LogP contribution >= 0.6 is 11.6 Å². The van der Waals surface area contributed by atoms with E-state index in [1.54, 1.807) is 46.1 Å². The number of fused-ring (bicyclic) bond motifs is 1. The minimum atomic E-state index is -0.778. The van der Waals surface area contributed by atoms with Crippen LogP contribution in [0.2, 0.25) is 5.02 Å². The Morgan fingerprint density at radius 3 is 2.58 bits per heavy atom. The van der Waals surface area contributed by atoms with Crippen molar-refractivity contribution < 1.29 is 32.9 Å². The van der Waals surface area contributed by atoms with Gasteiger partial charge in [-0.3, -0.25) is 10.2 Å². The van der Waals surface area contributed by atoms with E-state index < -0.39 is 23.6 Å². The van der Waals surface area contributed by atoms with Crippen LogP contribution in [-0.2, 0) is 24.4 Å². The molecule has 0 unspecified atom stereocenters. The zero-order valence-electron chi connectivity index (χ0n) is 21.5. The number of carbonyl (C=O) groups is 2. The first-order valence-electron chi connectivity index (χ1n) is 11.8. The molecule has 38 heavy (non-hydrogen) atoms. The molecule has 0 radical (unpaired) electrons. The molecule has 1 N–H and O–H groups in total. The topological polar surface area (TPSA) is 86.3 Å². The van der Waals surface area contributed by atoms with Gasteiger partial charge in [0.05, 0.1) is 30.9 Å². The van der Waals surface area contributed by atoms with Crippen LogP contribution in [-0.4, -0.2) is 29.8 Å². The minimum Gasteiger partial charge on any atom is -0.497 e. The standard InChI is InChI=1S/C28H28ClFN2O6/c1-28(2,3)38-26(33)31-22-7-5-6-18(25(22)30)14-32-15-19-12-21(29)24(13-23(19)37-27(32)34)36-16-17-8-10-20(35-4)11-9-17/h5-13H,14-16H2,1-4H3,(H,31,33). The van der Waals surface area contributed by atoms with Crippen LogP contribution in [0.5, 0.6) is 17.2 Å². The maximum absolute atomic E-state index is 15.1. The van der Waals surface area contributed by atoms with Gasteiger partial charge in [-0.2, -0.15) is 0 Å². The highest BCUT2D eigenvalue weighted by Crippen LogP contribution is 2.37. The number of ether oxygens (including phenoxy) is 4. The van der Waals surface area contributed by atoms with Crippen molar-refractivity contribution in [3.8, 4) is 17.2 Å². The second-order valence-electron chi connectivity index (χ2n) is 9.66. The number of rotatable bonds is 7. The van der Waals surface area contributed by atoms with E-state index in [1.165, 1.54) is 17.0 Å². The van der Waals surface area contributed by atoms with Crippen molar-refractivity contribution in [2.75, 3.05) is 12.4 Å². The van der Waals surface area contributed by atoms with E-state index >= 15 is 4.39 Å². The molecule has 0 bridgehead atoms. The van der Waals surface area contributed by atoms with Crippen LogP contribution in [0, 0.1) is 5.82 Å². The summed E-state index contributed by atoms with van der Waals surface area (Å²) in [5.74, 6) is 0.760. The van der Waals surface area contributed by atoms with E-state index in [-0.39, 0.29) is 30.9 Å². The fraction of sp³-hybridized carbons (Fsp3) is 0.286. The van der Waals surface area contributed by atoms with Gasteiger partial charge in [0, 0.05) is 17.2 Å². The third-order valence-electron chi connectivity index (χ3n) is 5.56. The van der Waals surface area contributed by atoms with E-state index in [1.807, 2.05) is 24.3 Å². The van der Waals surface area contributed by atoms with Crippen molar-refractivity contribution >= 4 is 29.5 Å². The summed E-state index contributed by atoms with van der Waals surface area (Å²) in [5.41, 5.74) is 0.974. The third-order valence-corrected chi connectivity index (χ3v) is 5.86. The maximum Gasteiger partial charge on any atom is 0.415 e. The van der Waals surface area contributed by atoms with Gasteiger partial charge in [-0.1, -0.05) is 35.9 Å². The van der Waals surface area contributed by atoms with Crippen LogP contribution in [0.15, 0.2) is 54.6 Å². The molecule has 200 valence electrons. The number of benzene rings is 3. The molecular weight excluding hydrogens is 515 g/mol. The van der Waals surface area contributed by atoms with Gasteiger partial charge < -0.3 is 18.9 Å². The summed E-state index contributed by atoms with van der Waals surface area (Å²) in [4.78, 5) is 26.1. The number of anilines is 1.